The molecule has 0 aliphatic carbocycles. The molecule has 1 atom stereocenters. The van der Waals surface area contributed by atoms with Gasteiger partial charge in [-0.15, -0.1) is 0 Å². The van der Waals surface area contributed by atoms with E-state index in [0.717, 1.165) is 28.7 Å². The minimum atomic E-state index is 0.00336. The Morgan fingerprint density at radius 3 is 2.33 bits per heavy atom. The number of hydrogen-bond donors (Lipinski definition) is 1. The van der Waals surface area contributed by atoms with Gasteiger partial charge in [-0.3, -0.25) is 4.79 Å². The van der Waals surface area contributed by atoms with Gasteiger partial charge in [0.25, 0.3) is 5.91 Å². The normalized spacial score (nSPS) is 12.0. The Kier molecular flexibility index (Phi) is 4.79. The predicted octanol–water partition coefficient (Wildman–Crippen LogP) is 4.49. The van der Waals surface area contributed by atoms with E-state index in [2.05, 4.69) is 43.4 Å². The lowest BCUT2D eigenvalue weighted by molar-refractivity contribution is 0.0935. The van der Waals surface area contributed by atoms with Gasteiger partial charge in [-0.1, -0.05) is 48.9 Å². The van der Waals surface area contributed by atoms with Gasteiger partial charge in [-0.05, 0) is 49.9 Å². The molecule has 0 aliphatic heterocycles. The van der Waals surface area contributed by atoms with Crippen molar-refractivity contribution < 1.29 is 4.79 Å². The molecule has 2 heteroatoms. The first-order valence-electron chi connectivity index (χ1n) is 7.46. The van der Waals surface area contributed by atoms with Crippen molar-refractivity contribution in [1.82, 2.24) is 5.32 Å². The molecular weight excluding hydrogens is 258 g/mol. The summed E-state index contributed by atoms with van der Waals surface area (Å²) in [6.45, 7) is 8.19. The largest absolute Gasteiger partial charge is 0.345 e. The highest BCUT2D eigenvalue weighted by atomic mass is 16.1. The van der Waals surface area contributed by atoms with Crippen LogP contribution in [-0.2, 0) is 0 Å². The van der Waals surface area contributed by atoms with E-state index < -0.39 is 0 Å². The van der Waals surface area contributed by atoms with E-state index in [1.165, 1.54) is 5.56 Å². The maximum Gasteiger partial charge on any atom is 0.252 e. The van der Waals surface area contributed by atoms with Crippen LogP contribution in [0.4, 0.5) is 0 Å². The number of amides is 1. The molecule has 1 N–H and O–H groups in total. The van der Waals surface area contributed by atoms with E-state index in [-0.39, 0.29) is 11.9 Å². The zero-order valence-electron chi connectivity index (χ0n) is 13.2. The van der Waals surface area contributed by atoms with Crippen molar-refractivity contribution in [3.05, 3.63) is 70.3 Å². The van der Waals surface area contributed by atoms with Gasteiger partial charge < -0.3 is 5.32 Å². The number of carbonyl (C=O) groups excluding carboxylic acids is 1. The molecule has 110 valence electrons. The number of hydrogen-bond acceptors (Lipinski definition) is 1. The maximum atomic E-state index is 12.5. The third-order valence-corrected chi connectivity index (χ3v) is 4.04. The molecular formula is C19H23NO. The lowest BCUT2D eigenvalue weighted by Gasteiger charge is -2.19. The van der Waals surface area contributed by atoms with Gasteiger partial charge in [0.15, 0.2) is 0 Å². The highest BCUT2D eigenvalue weighted by molar-refractivity contribution is 5.96. The molecule has 0 heterocycles. The topological polar surface area (TPSA) is 29.1 Å². The van der Waals surface area contributed by atoms with Crippen LogP contribution in [0.5, 0.6) is 0 Å². The number of nitrogens with one attached hydrogen (secondary N) is 1. The van der Waals surface area contributed by atoms with Crippen molar-refractivity contribution in [1.29, 1.82) is 0 Å². The molecule has 0 spiro atoms. The van der Waals surface area contributed by atoms with E-state index in [1.807, 2.05) is 32.0 Å². The van der Waals surface area contributed by atoms with E-state index in [1.54, 1.807) is 0 Å². The predicted molar refractivity (Wildman–Crippen MR) is 87.6 cm³/mol. The molecule has 0 radical (unpaired) electrons. The first-order chi connectivity index (χ1) is 10.0. The quantitative estimate of drug-likeness (QED) is 0.878. The molecule has 2 aromatic carbocycles. The van der Waals surface area contributed by atoms with Gasteiger partial charge in [0.2, 0.25) is 0 Å². The monoisotopic (exact) mass is 281 g/mol. The fourth-order valence-electron chi connectivity index (χ4n) is 2.45. The van der Waals surface area contributed by atoms with Crippen LogP contribution in [0.25, 0.3) is 0 Å². The lowest BCUT2D eigenvalue weighted by atomic mass is 10.00. The molecule has 0 aliphatic rings. The number of benzene rings is 2. The molecule has 2 nitrogen and oxygen atoms in total. The molecule has 0 aromatic heterocycles. The van der Waals surface area contributed by atoms with Crippen molar-refractivity contribution >= 4 is 5.91 Å². The van der Waals surface area contributed by atoms with E-state index in [9.17, 15) is 4.79 Å². The third-order valence-electron chi connectivity index (χ3n) is 4.04. The summed E-state index contributed by atoms with van der Waals surface area (Å²) in [6.07, 6.45) is 0.875. The lowest BCUT2D eigenvalue weighted by Crippen LogP contribution is -2.28. The number of carbonyl (C=O) groups is 1. The van der Waals surface area contributed by atoms with Gasteiger partial charge in [-0.25, -0.2) is 0 Å². The highest BCUT2D eigenvalue weighted by Gasteiger charge is 2.15. The molecule has 2 rings (SSSR count). The molecule has 0 bridgehead atoms. The Balaban J connectivity index is 2.20. The molecule has 0 saturated carbocycles. The first-order valence-corrected chi connectivity index (χ1v) is 7.46. The van der Waals surface area contributed by atoms with Crippen LogP contribution in [0, 0.1) is 20.8 Å². The second-order valence-electron chi connectivity index (χ2n) is 5.59. The smallest absolute Gasteiger partial charge is 0.252 e. The fraction of sp³-hybridized carbons (Fsp3) is 0.316. The van der Waals surface area contributed by atoms with Crippen LogP contribution in [0.1, 0.15) is 52.0 Å². The summed E-state index contributed by atoms with van der Waals surface area (Å²) in [5.74, 6) is 0.00336. The van der Waals surface area contributed by atoms with Crippen molar-refractivity contribution in [3.8, 4) is 0 Å². The summed E-state index contributed by atoms with van der Waals surface area (Å²) in [7, 11) is 0. The average molecular weight is 281 g/mol. The van der Waals surface area contributed by atoms with Crippen LogP contribution in [-0.4, -0.2) is 5.91 Å². The average Bonchev–Trinajstić information content (AvgIpc) is 2.48. The third kappa shape index (κ3) is 3.52. The minimum Gasteiger partial charge on any atom is -0.345 e. The SMILES string of the molecule is CCC(NC(=O)c1cccc(C)c1C)c1ccc(C)cc1. The van der Waals surface area contributed by atoms with Crippen LogP contribution >= 0.6 is 0 Å². The second-order valence-corrected chi connectivity index (χ2v) is 5.59. The summed E-state index contributed by atoms with van der Waals surface area (Å²) in [5, 5.41) is 3.15. The Hall–Kier alpha value is -2.09. The Morgan fingerprint density at radius 1 is 1.05 bits per heavy atom. The van der Waals surface area contributed by atoms with Crippen molar-refractivity contribution in [2.75, 3.05) is 0 Å². The van der Waals surface area contributed by atoms with Gasteiger partial charge in [0.05, 0.1) is 6.04 Å². The molecule has 0 saturated heterocycles. The number of aryl methyl sites for hydroxylation is 2. The Labute approximate surface area is 127 Å². The standard InChI is InChI=1S/C19H23NO/c1-5-18(16-11-9-13(2)10-12-16)20-19(21)17-8-6-7-14(3)15(17)4/h6-12,18H,5H2,1-4H3,(H,20,21). The van der Waals surface area contributed by atoms with Crippen molar-refractivity contribution in [3.63, 3.8) is 0 Å². The van der Waals surface area contributed by atoms with E-state index in [0.29, 0.717) is 0 Å². The Bertz CT molecular complexity index is 629. The molecule has 1 unspecified atom stereocenters. The molecule has 0 fully saturated rings. The van der Waals surface area contributed by atoms with Gasteiger partial charge in [0.1, 0.15) is 0 Å². The van der Waals surface area contributed by atoms with Gasteiger partial charge in [-0.2, -0.15) is 0 Å². The summed E-state index contributed by atoms with van der Waals surface area (Å²) in [4.78, 5) is 12.5. The molecule has 21 heavy (non-hydrogen) atoms. The zero-order valence-corrected chi connectivity index (χ0v) is 13.2. The van der Waals surface area contributed by atoms with E-state index in [4.69, 9.17) is 0 Å². The zero-order chi connectivity index (χ0) is 15.4. The first kappa shape index (κ1) is 15.3. The van der Waals surface area contributed by atoms with Crippen molar-refractivity contribution in [2.24, 2.45) is 0 Å². The minimum absolute atomic E-state index is 0.00336. The fourth-order valence-corrected chi connectivity index (χ4v) is 2.45. The van der Waals surface area contributed by atoms with Crippen LogP contribution < -0.4 is 5.32 Å². The van der Waals surface area contributed by atoms with E-state index >= 15 is 0 Å². The van der Waals surface area contributed by atoms with Crippen molar-refractivity contribution in [2.45, 2.75) is 40.2 Å². The summed E-state index contributed by atoms with van der Waals surface area (Å²) in [5.41, 5.74) is 5.34. The number of rotatable bonds is 4. The molecule has 1 amide bonds. The summed E-state index contributed by atoms with van der Waals surface area (Å²) < 4.78 is 0. The highest BCUT2D eigenvalue weighted by Crippen LogP contribution is 2.19. The Morgan fingerprint density at radius 2 is 1.71 bits per heavy atom. The van der Waals surface area contributed by atoms with Crippen LogP contribution in [0.2, 0.25) is 0 Å². The molecule has 2 aromatic rings. The van der Waals surface area contributed by atoms with Crippen LogP contribution in [0.3, 0.4) is 0 Å². The summed E-state index contributed by atoms with van der Waals surface area (Å²) in [6, 6.07) is 14.3. The summed E-state index contributed by atoms with van der Waals surface area (Å²) >= 11 is 0. The van der Waals surface area contributed by atoms with Gasteiger partial charge in [0, 0.05) is 5.56 Å². The maximum absolute atomic E-state index is 12.5. The van der Waals surface area contributed by atoms with Crippen LogP contribution in [0.15, 0.2) is 42.5 Å². The second kappa shape index (κ2) is 6.57. The van der Waals surface area contributed by atoms with Gasteiger partial charge >= 0.3 is 0 Å².